The molecule has 0 atom stereocenters. The Bertz CT molecular complexity index is 1010. The Morgan fingerprint density at radius 2 is 1.79 bits per heavy atom. The molecule has 0 unspecified atom stereocenters. The van der Waals surface area contributed by atoms with E-state index in [9.17, 15) is 14.7 Å². The van der Waals surface area contributed by atoms with Gasteiger partial charge in [0.25, 0.3) is 5.91 Å². The quantitative estimate of drug-likeness (QED) is 0.262. The van der Waals surface area contributed by atoms with Crippen molar-refractivity contribution in [1.82, 2.24) is 5.43 Å². The Balaban J connectivity index is 1.58. The van der Waals surface area contributed by atoms with Gasteiger partial charge >= 0.3 is 5.97 Å². The zero-order chi connectivity index (χ0) is 20.1. The molecule has 1 aromatic heterocycles. The fourth-order valence-electron chi connectivity index (χ4n) is 2.10. The predicted octanol–water partition coefficient (Wildman–Crippen LogP) is 4.74. The highest BCUT2D eigenvalue weighted by atomic mass is 35.5. The number of phenols is 1. The largest absolute Gasteiger partial charge is 0.505 e. The Kier molecular flexibility index (Phi) is 6.30. The summed E-state index contributed by atoms with van der Waals surface area (Å²) in [5, 5.41) is 15.1. The lowest BCUT2D eigenvalue weighted by Gasteiger charge is -2.04. The molecule has 3 rings (SSSR count). The Hall–Kier alpha value is -2.87. The molecule has 0 saturated carbocycles. The molecule has 0 radical (unpaired) electrons. The number of benzene rings is 2. The van der Waals surface area contributed by atoms with Crippen molar-refractivity contribution in [3.63, 3.8) is 0 Å². The number of carbonyl (C=O) groups is 2. The molecule has 1 amide bonds. The highest BCUT2D eigenvalue weighted by molar-refractivity contribution is 7.12. The van der Waals surface area contributed by atoms with E-state index in [1.54, 1.807) is 41.8 Å². The van der Waals surface area contributed by atoms with Gasteiger partial charge in [0.15, 0.2) is 5.75 Å². The second-order valence-corrected chi connectivity index (χ2v) is 7.19. The van der Waals surface area contributed by atoms with E-state index in [0.29, 0.717) is 16.2 Å². The maximum atomic E-state index is 12.1. The van der Waals surface area contributed by atoms with E-state index in [1.165, 1.54) is 29.7 Å². The molecule has 0 aliphatic heterocycles. The van der Waals surface area contributed by atoms with E-state index in [1.807, 2.05) is 0 Å². The Labute approximate surface area is 174 Å². The van der Waals surface area contributed by atoms with Gasteiger partial charge in [0.1, 0.15) is 10.6 Å². The molecule has 28 heavy (non-hydrogen) atoms. The molecule has 2 aromatic carbocycles. The topological polar surface area (TPSA) is 88.0 Å². The van der Waals surface area contributed by atoms with Gasteiger partial charge in [0, 0.05) is 5.56 Å². The lowest BCUT2D eigenvalue weighted by Crippen LogP contribution is -2.17. The molecular weight excluding hydrogens is 423 g/mol. The van der Waals surface area contributed by atoms with Crippen molar-refractivity contribution >= 4 is 52.6 Å². The van der Waals surface area contributed by atoms with Crippen molar-refractivity contribution in [2.45, 2.75) is 0 Å². The third-order valence-corrected chi connectivity index (χ3v) is 4.90. The van der Waals surface area contributed by atoms with Gasteiger partial charge in [-0.05, 0) is 53.4 Å². The Morgan fingerprint density at radius 1 is 1.11 bits per heavy atom. The van der Waals surface area contributed by atoms with Crippen LogP contribution in [0.3, 0.4) is 0 Å². The molecular formula is C19H12Cl2N2O4S. The molecule has 0 aliphatic carbocycles. The van der Waals surface area contributed by atoms with E-state index < -0.39 is 11.9 Å². The molecule has 0 fully saturated rings. The van der Waals surface area contributed by atoms with Gasteiger partial charge in [-0.1, -0.05) is 29.3 Å². The van der Waals surface area contributed by atoms with Crippen LogP contribution in [0.25, 0.3) is 0 Å². The minimum atomic E-state index is -0.540. The van der Waals surface area contributed by atoms with Crippen LogP contribution in [0.5, 0.6) is 11.5 Å². The molecule has 142 valence electrons. The number of phenolic OH excluding ortho intramolecular Hbond substituents is 1. The summed E-state index contributed by atoms with van der Waals surface area (Å²) >= 11 is 12.9. The first-order chi connectivity index (χ1) is 13.4. The Morgan fingerprint density at radius 3 is 2.39 bits per heavy atom. The van der Waals surface area contributed by atoms with Gasteiger partial charge in [-0.25, -0.2) is 10.2 Å². The van der Waals surface area contributed by atoms with Crippen molar-refractivity contribution in [2.75, 3.05) is 0 Å². The number of halogens is 2. The van der Waals surface area contributed by atoms with E-state index in [-0.39, 0.29) is 21.4 Å². The van der Waals surface area contributed by atoms with Crippen molar-refractivity contribution in [2.24, 2.45) is 5.10 Å². The van der Waals surface area contributed by atoms with Gasteiger partial charge in [-0.2, -0.15) is 5.10 Å². The van der Waals surface area contributed by atoms with Gasteiger partial charge in [-0.15, -0.1) is 11.3 Å². The molecule has 3 aromatic rings. The van der Waals surface area contributed by atoms with Gasteiger partial charge in [0.2, 0.25) is 0 Å². The van der Waals surface area contributed by atoms with Crippen molar-refractivity contribution in [3.8, 4) is 11.5 Å². The maximum Gasteiger partial charge on any atom is 0.353 e. The number of aromatic hydroxyl groups is 1. The second kappa shape index (κ2) is 8.88. The van der Waals surface area contributed by atoms with Gasteiger partial charge in [-0.3, -0.25) is 4.79 Å². The van der Waals surface area contributed by atoms with Crippen LogP contribution in [0.2, 0.25) is 10.0 Å². The molecule has 0 bridgehead atoms. The summed E-state index contributed by atoms with van der Waals surface area (Å²) in [6, 6.07) is 12.6. The fraction of sp³-hybridized carbons (Fsp3) is 0. The van der Waals surface area contributed by atoms with E-state index in [0.717, 1.165) is 0 Å². The predicted molar refractivity (Wildman–Crippen MR) is 109 cm³/mol. The third kappa shape index (κ3) is 4.89. The first-order valence-electron chi connectivity index (χ1n) is 7.81. The summed E-state index contributed by atoms with van der Waals surface area (Å²) < 4.78 is 5.26. The average molecular weight is 435 g/mol. The number of carbonyl (C=O) groups excluding carboxylic acids is 2. The third-order valence-electron chi connectivity index (χ3n) is 3.47. The van der Waals surface area contributed by atoms with E-state index in [2.05, 4.69) is 10.5 Å². The number of esters is 1. The van der Waals surface area contributed by atoms with E-state index >= 15 is 0 Å². The average Bonchev–Trinajstić information content (AvgIpc) is 3.22. The molecule has 1 heterocycles. The lowest BCUT2D eigenvalue weighted by molar-refractivity contribution is 0.0739. The fourth-order valence-corrected chi connectivity index (χ4v) is 3.19. The number of rotatable bonds is 5. The number of amides is 1. The summed E-state index contributed by atoms with van der Waals surface area (Å²) in [7, 11) is 0. The number of ether oxygens (including phenoxy) is 1. The normalized spacial score (nSPS) is 10.8. The highest BCUT2D eigenvalue weighted by Crippen LogP contribution is 2.32. The van der Waals surface area contributed by atoms with Crippen LogP contribution in [-0.2, 0) is 0 Å². The molecule has 0 spiro atoms. The summed E-state index contributed by atoms with van der Waals surface area (Å²) in [6.45, 7) is 0. The monoisotopic (exact) mass is 434 g/mol. The van der Waals surface area contributed by atoms with Crippen molar-refractivity contribution < 1.29 is 19.4 Å². The molecule has 0 aliphatic rings. The standard InChI is InChI=1S/C19H12Cl2N2O4S/c20-14-8-12(9-15(21)17(14)24)18(25)23-22-10-11-3-5-13(6-4-11)27-19(26)16-2-1-7-28-16/h1-10,24H,(H,23,25). The highest BCUT2D eigenvalue weighted by Gasteiger charge is 2.12. The van der Waals surface area contributed by atoms with Crippen LogP contribution in [0.1, 0.15) is 25.6 Å². The number of hydrazone groups is 1. The van der Waals surface area contributed by atoms with Gasteiger partial charge < -0.3 is 9.84 Å². The summed E-state index contributed by atoms with van der Waals surface area (Å²) in [5.74, 6) is -0.854. The van der Waals surface area contributed by atoms with Crippen LogP contribution in [-0.4, -0.2) is 23.2 Å². The van der Waals surface area contributed by atoms with Crippen LogP contribution in [0.4, 0.5) is 0 Å². The first-order valence-corrected chi connectivity index (χ1v) is 9.45. The smallest absolute Gasteiger partial charge is 0.353 e. The number of hydrogen-bond acceptors (Lipinski definition) is 6. The second-order valence-electron chi connectivity index (χ2n) is 5.42. The zero-order valence-electron chi connectivity index (χ0n) is 14.1. The molecule has 0 saturated heterocycles. The van der Waals surface area contributed by atoms with Crippen LogP contribution in [0, 0.1) is 0 Å². The van der Waals surface area contributed by atoms with Crippen molar-refractivity contribution in [1.29, 1.82) is 0 Å². The van der Waals surface area contributed by atoms with Crippen molar-refractivity contribution in [3.05, 3.63) is 80.0 Å². The molecule has 9 heteroatoms. The summed E-state index contributed by atoms with van der Waals surface area (Å²) in [5.41, 5.74) is 3.17. The number of nitrogens with zero attached hydrogens (tertiary/aromatic N) is 1. The zero-order valence-corrected chi connectivity index (χ0v) is 16.4. The van der Waals surface area contributed by atoms with Crippen LogP contribution >= 0.6 is 34.5 Å². The number of nitrogens with one attached hydrogen (secondary N) is 1. The van der Waals surface area contributed by atoms with Crippen LogP contribution in [0.15, 0.2) is 59.0 Å². The molecule has 6 nitrogen and oxygen atoms in total. The first kappa shape index (κ1) is 19.9. The summed E-state index contributed by atoms with van der Waals surface area (Å²) in [6.07, 6.45) is 1.42. The van der Waals surface area contributed by atoms with E-state index in [4.69, 9.17) is 27.9 Å². The summed E-state index contributed by atoms with van der Waals surface area (Å²) in [4.78, 5) is 24.5. The minimum Gasteiger partial charge on any atom is -0.505 e. The molecule has 2 N–H and O–H groups in total. The minimum absolute atomic E-state index is 0.0330. The maximum absolute atomic E-state index is 12.1. The van der Waals surface area contributed by atoms with Gasteiger partial charge in [0.05, 0.1) is 16.3 Å². The number of hydrogen-bond donors (Lipinski definition) is 2. The SMILES string of the molecule is O=C(NN=Cc1ccc(OC(=O)c2cccs2)cc1)c1cc(Cl)c(O)c(Cl)c1. The van der Waals surface area contributed by atoms with Crippen LogP contribution < -0.4 is 10.2 Å². The number of thiophene rings is 1. The lowest BCUT2D eigenvalue weighted by atomic mass is 10.2.